The van der Waals surface area contributed by atoms with Crippen molar-refractivity contribution in [1.82, 2.24) is 9.88 Å². The number of likely N-dealkylation sites (N-methyl/N-ethyl adjacent to an activating group) is 1. The first-order valence-corrected chi connectivity index (χ1v) is 9.04. The Morgan fingerprint density at radius 3 is 2.85 bits per heavy atom. The van der Waals surface area contributed by atoms with Crippen LogP contribution in [0.2, 0.25) is 0 Å². The Balaban J connectivity index is 1.48. The summed E-state index contributed by atoms with van der Waals surface area (Å²) in [6.07, 6.45) is 0. The molecule has 132 valence electrons. The van der Waals surface area contributed by atoms with Crippen molar-refractivity contribution in [2.24, 2.45) is 0 Å². The third-order valence-corrected chi connectivity index (χ3v) is 5.26. The average Bonchev–Trinajstić information content (AvgIpc) is 3.06. The molecule has 4 rings (SSSR count). The summed E-state index contributed by atoms with van der Waals surface area (Å²) < 4.78 is 6.51. The summed E-state index contributed by atoms with van der Waals surface area (Å²) in [4.78, 5) is 32.5. The zero-order valence-electron chi connectivity index (χ0n) is 14.2. The Kier molecular flexibility index (Phi) is 4.30. The lowest BCUT2D eigenvalue weighted by molar-refractivity contribution is -0.131. The van der Waals surface area contributed by atoms with Gasteiger partial charge in [-0.15, -0.1) is 11.3 Å². The van der Waals surface area contributed by atoms with Crippen molar-refractivity contribution in [3.8, 4) is 5.75 Å². The van der Waals surface area contributed by atoms with E-state index in [1.54, 1.807) is 35.4 Å². The van der Waals surface area contributed by atoms with Gasteiger partial charge in [-0.1, -0.05) is 24.3 Å². The summed E-state index contributed by atoms with van der Waals surface area (Å²) in [5.74, 6) is 0.258. The maximum atomic E-state index is 12.7. The molecule has 6 nitrogen and oxygen atoms in total. The first-order valence-electron chi connectivity index (χ1n) is 8.22. The van der Waals surface area contributed by atoms with E-state index in [1.807, 2.05) is 36.4 Å². The van der Waals surface area contributed by atoms with Crippen LogP contribution < -0.4 is 9.64 Å². The zero-order valence-corrected chi connectivity index (χ0v) is 15.0. The number of carbonyl (C=O) groups excluding carboxylic acids is 2. The van der Waals surface area contributed by atoms with Crippen LogP contribution in [-0.2, 0) is 16.1 Å². The molecule has 2 amide bonds. The van der Waals surface area contributed by atoms with Crippen molar-refractivity contribution >= 4 is 39.1 Å². The molecule has 26 heavy (non-hydrogen) atoms. The van der Waals surface area contributed by atoms with Gasteiger partial charge in [-0.3, -0.25) is 14.5 Å². The highest BCUT2D eigenvalue weighted by Crippen LogP contribution is 2.31. The predicted molar refractivity (Wildman–Crippen MR) is 100 cm³/mol. The monoisotopic (exact) mass is 367 g/mol. The first-order chi connectivity index (χ1) is 12.6. The molecule has 7 heteroatoms. The van der Waals surface area contributed by atoms with Gasteiger partial charge in [-0.2, -0.15) is 0 Å². The molecule has 0 N–H and O–H groups in total. The third kappa shape index (κ3) is 3.13. The summed E-state index contributed by atoms with van der Waals surface area (Å²) in [5.41, 5.74) is 1.57. The summed E-state index contributed by atoms with van der Waals surface area (Å²) in [6.45, 7) is 0.352. The SMILES string of the molecule is CN(Cc1nc2ccccc2s1)C(=O)CN1C(=O)COc2ccccc21. The zero-order chi connectivity index (χ0) is 18.1. The Hall–Kier alpha value is -2.93. The number of fused-ring (bicyclic) bond motifs is 2. The molecule has 2 aromatic carbocycles. The molecule has 0 unspecified atom stereocenters. The number of aromatic nitrogens is 1. The molecule has 0 spiro atoms. The lowest BCUT2D eigenvalue weighted by Gasteiger charge is -2.30. The molecule has 0 saturated heterocycles. The fourth-order valence-corrected chi connectivity index (χ4v) is 3.88. The standard InChI is InChI=1S/C19H17N3O3S/c1-21(10-17-20-13-6-2-5-9-16(13)26-17)18(23)11-22-14-7-3-4-8-15(14)25-12-19(22)24/h2-9H,10-12H2,1H3. The van der Waals surface area contributed by atoms with Gasteiger partial charge >= 0.3 is 0 Å². The largest absolute Gasteiger partial charge is 0.482 e. The predicted octanol–water partition coefficient (Wildman–Crippen LogP) is 2.68. The second-order valence-electron chi connectivity index (χ2n) is 6.06. The highest BCUT2D eigenvalue weighted by Gasteiger charge is 2.28. The van der Waals surface area contributed by atoms with E-state index in [9.17, 15) is 9.59 Å². The lowest BCUT2D eigenvalue weighted by atomic mass is 10.2. The summed E-state index contributed by atoms with van der Waals surface area (Å²) in [7, 11) is 1.73. The van der Waals surface area contributed by atoms with Gasteiger partial charge in [-0.25, -0.2) is 4.98 Å². The van der Waals surface area contributed by atoms with E-state index in [4.69, 9.17) is 4.74 Å². The fraction of sp³-hybridized carbons (Fsp3) is 0.211. The Morgan fingerprint density at radius 1 is 1.23 bits per heavy atom. The van der Waals surface area contributed by atoms with Crippen molar-refractivity contribution in [2.75, 3.05) is 25.1 Å². The van der Waals surface area contributed by atoms with Crippen molar-refractivity contribution in [2.45, 2.75) is 6.54 Å². The smallest absolute Gasteiger partial charge is 0.265 e. The second-order valence-corrected chi connectivity index (χ2v) is 7.18. The fourth-order valence-electron chi connectivity index (χ4n) is 2.86. The first kappa shape index (κ1) is 16.5. The van der Waals surface area contributed by atoms with Crippen LogP contribution in [0.1, 0.15) is 5.01 Å². The van der Waals surface area contributed by atoms with Gasteiger partial charge in [-0.05, 0) is 24.3 Å². The Bertz CT molecular complexity index is 952. The molecular weight excluding hydrogens is 350 g/mol. The number of ether oxygens (including phenoxy) is 1. The minimum atomic E-state index is -0.217. The molecule has 1 aromatic heterocycles. The van der Waals surface area contributed by atoms with Crippen LogP contribution in [0.5, 0.6) is 5.75 Å². The number of hydrogen-bond acceptors (Lipinski definition) is 5. The summed E-state index contributed by atoms with van der Waals surface area (Å²) in [5, 5.41) is 0.871. The Morgan fingerprint density at radius 2 is 2.00 bits per heavy atom. The van der Waals surface area contributed by atoms with Gasteiger partial charge in [0.15, 0.2) is 6.61 Å². The molecule has 0 aliphatic carbocycles. The molecule has 1 aliphatic heterocycles. The number of para-hydroxylation sites is 3. The van der Waals surface area contributed by atoms with E-state index in [-0.39, 0.29) is 25.0 Å². The highest BCUT2D eigenvalue weighted by molar-refractivity contribution is 7.18. The van der Waals surface area contributed by atoms with Crippen LogP contribution in [0.3, 0.4) is 0 Å². The van der Waals surface area contributed by atoms with Crippen LogP contribution in [0.25, 0.3) is 10.2 Å². The Labute approximate surface area is 154 Å². The molecule has 2 heterocycles. The quantitative estimate of drug-likeness (QED) is 0.711. The van der Waals surface area contributed by atoms with Crippen LogP contribution in [0, 0.1) is 0 Å². The van der Waals surface area contributed by atoms with Gasteiger partial charge in [0.2, 0.25) is 5.91 Å². The van der Waals surface area contributed by atoms with E-state index < -0.39 is 0 Å². The second kappa shape index (κ2) is 6.76. The number of hydrogen-bond donors (Lipinski definition) is 0. The van der Waals surface area contributed by atoms with E-state index >= 15 is 0 Å². The number of nitrogens with zero attached hydrogens (tertiary/aromatic N) is 3. The number of thiazole rings is 1. The molecule has 0 saturated carbocycles. The van der Waals surface area contributed by atoms with Crippen LogP contribution in [0.15, 0.2) is 48.5 Å². The molecule has 0 radical (unpaired) electrons. The maximum Gasteiger partial charge on any atom is 0.265 e. The van der Waals surface area contributed by atoms with Crippen molar-refractivity contribution < 1.29 is 14.3 Å². The molecule has 0 atom stereocenters. The number of benzene rings is 2. The van der Waals surface area contributed by atoms with E-state index in [0.717, 1.165) is 15.2 Å². The summed E-state index contributed by atoms with van der Waals surface area (Å²) >= 11 is 1.57. The topological polar surface area (TPSA) is 62.7 Å². The van der Waals surface area contributed by atoms with Crippen LogP contribution >= 0.6 is 11.3 Å². The van der Waals surface area contributed by atoms with E-state index in [0.29, 0.717) is 18.0 Å². The molecule has 0 fully saturated rings. The minimum absolute atomic E-state index is 0.0133. The van der Waals surface area contributed by atoms with Gasteiger partial charge in [0.25, 0.3) is 5.91 Å². The maximum absolute atomic E-state index is 12.7. The lowest BCUT2D eigenvalue weighted by Crippen LogP contribution is -2.45. The van der Waals surface area contributed by atoms with Crippen molar-refractivity contribution in [3.63, 3.8) is 0 Å². The van der Waals surface area contributed by atoms with Gasteiger partial charge < -0.3 is 9.64 Å². The molecular formula is C19H17N3O3S. The minimum Gasteiger partial charge on any atom is -0.482 e. The highest BCUT2D eigenvalue weighted by atomic mass is 32.1. The van der Waals surface area contributed by atoms with Gasteiger partial charge in [0.1, 0.15) is 17.3 Å². The molecule has 0 bridgehead atoms. The van der Waals surface area contributed by atoms with E-state index in [2.05, 4.69) is 4.98 Å². The number of amides is 2. The van der Waals surface area contributed by atoms with Crippen molar-refractivity contribution in [1.29, 1.82) is 0 Å². The average molecular weight is 367 g/mol. The van der Waals surface area contributed by atoms with Crippen LogP contribution in [0.4, 0.5) is 5.69 Å². The summed E-state index contributed by atoms with van der Waals surface area (Å²) in [6, 6.07) is 15.1. The molecule has 1 aliphatic rings. The van der Waals surface area contributed by atoms with Gasteiger partial charge in [0, 0.05) is 7.05 Å². The third-order valence-electron chi connectivity index (χ3n) is 4.24. The van der Waals surface area contributed by atoms with Crippen molar-refractivity contribution in [3.05, 3.63) is 53.5 Å². The number of carbonyl (C=O) groups is 2. The number of anilines is 1. The number of rotatable bonds is 4. The molecule has 3 aromatic rings. The van der Waals surface area contributed by atoms with E-state index in [1.165, 1.54) is 4.90 Å². The normalized spacial score (nSPS) is 13.4. The van der Waals surface area contributed by atoms with Crippen LogP contribution in [-0.4, -0.2) is 41.9 Å². The van der Waals surface area contributed by atoms with Gasteiger partial charge in [0.05, 0.1) is 22.4 Å².